The third-order valence-corrected chi connectivity index (χ3v) is 1.40. The minimum Gasteiger partial charge on any atom is -0.381 e. The first kappa shape index (κ1) is 6.77. The van der Waals surface area contributed by atoms with Crippen LogP contribution in [-0.2, 0) is 0 Å². The number of nitrogens with zero attached hydrogens (tertiary/aromatic N) is 2. The summed E-state index contributed by atoms with van der Waals surface area (Å²) >= 11 is 8.55. The Morgan fingerprint density at radius 3 is 2.78 bits per heavy atom. The fraction of sp³-hybridized carbons (Fsp3) is 0. The Balaban J connectivity index is 3.17. The Morgan fingerprint density at radius 2 is 2.33 bits per heavy atom. The van der Waals surface area contributed by atoms with Crippen LogP contribution in [0.15, 0.2) is 10.8 Å². The Bertz CT molecular complexity index is 227. The van der Waals surface area contributed by atoms with E-state index < -0.39 is 0 Å². The van der Waals surface area contributed by atoms with Crippen molar-refractivity contribution in [2.75, 3.05) is 5.73 Å². The van der Waals surface area contributed by atoms with Crippen molar-refractivity contribution >= 4 is 33.3 Å². The topological polar surface area (TPSA) is 51.8 Å². The van der Waals surface area contributed by atoms with Gasteiger partial charge in [0, 0.05) is 0 Å². The molecule has 0 unspecified atom stereocenters. The summed E-state index contributed by atoms with van der Waals surface area (Å²) in [7, 11) is 0. The van der Waals surface area contributed by atoms with E-state index in [1.807, 2.05) is 0 Å². The molecule has 3 nitrogen and oxygen atoms in total. The molecular formula is C4H3BrClN3. The zero-order chi connectivity index (χ0) is 6.85. The van der Waals surface area contributed by atoms with Crippen molar-refractivity contribution < 1.29 is 0 Å². The molecule has 0 aliphatic rings. The number of halogens is 2. The van der Waals surface area contributed by atoms with Crippen molar-refractivity contribution in [1.82, 2.24) is 9.97 Å². The van der Waals surface area contributed by atoms with Gasteiger partial charge in [-0.1, -0.05) is 11.6 Å². The summed E-state index contributed by atoms with van der Waals surface area (Å²) in [6, 6.07) is 0. The molecule has 9 heavy (non-hydrogen) atoms. The first-order chi connectivity index (χ1) is 4.20. The maximum absolute atomic E-state index is 5.46. The molecule has 0 radical (unpaired) electrons. The summed E-state index contributed by atoms with van der Waals surface area (Å²) in [5, 5.41) is 0.234. The number of rotatable bonds is 0. The maximum Gasteiger partial charge on any atom is 0.171 e. The van der Waals surface area contributed by atoms with Crippen LogP contribution in [0.25, 0.3) is 0 Å². The van der Waals surface area contributed by atoms with Crippen LogP contribution in [0, 0.1) is 0 Å². The highest BCUT2D eigenvalue weighted by Gasteiger charge is 1.96. The average molecular weight is 208 g/mol. The molecule has 0 aliphatic heterocycles. The van der Waals surface area contributed by atoms with Crippen LogP contribution >= 0.6 is 27.5 Å². The standard InChI is InChI=1S/C4H3BrClN3/c5-2-1-8-3(6)4(7)9-2/h1H,(H2,7,9). The van der Waals surface area contributed by atoms with Crippen molar-refractivity contribution in [1.29, 1.82) is 0 Å². The predicted molar refractivity (Wildman–Crippen MR) is 39.2 cm³/mol. The molecule has 0 bridgehead atoms. The number of aromatic nitrogens is 2. The zero-order valence-electron chi connectivity index (χ0n) is 4.31. The molecule has 1 heterocycles. The SMILES string of the molecule is Nc1nc(Br)cnc1Cl. The first-order valence-corrected chi connectivity index (χ1v) is 3.31. The summed E-state index contributed by atoms with van der Waals surface area (Å²) in [5.74, 6) is 0.242. The smallest absolute Gasteiger partial charge is 0.171 e. The van der Waals surface area contributed by atoms with Crippen molar-refractivity contribution in [3.8, 4) is 0 Å². The third kappa shape index (κ3) is 1.53. The molecule has 1 aromatic heterocycles. The van der Waals surface area contributed by atoms with Crippen LogP contribution in [0.1, 0.15) is 0 Å². The molecule has 0 saturated heterocycles. The van der Waals surface area contributed by atoms with E-state index in [4.69, 9.17) is 17.3 Å². The quantitative estimate of drug-likeness (QED) is 0.702. The lowest BCUT2D eigenvalue weighted by Gasteiger charge is -1.93. The lowest BCUT2D eigenvalue weighted by Crippen LogP contribution is -1.92. The number of nitrogen functional groups attached to an aromatic ring is 1. The van der Waals surface area contributed by atoms with Crippen molar-refractivity contribution in [3.05, 3.63) is 16.0 Å². The van der Waals surface area contributed by atoms with Crippen LogP contribution in [-0.4, -0.2) is 9.97 Å². The molecule has 0 atom stereocenters. The number of nitrogens with two attached hydrogens (primary N) is 1. The Labute approximate surface area is 65.4 Å². The van der Waals surface area contributed by atoms with E-state index in [1.54, 1.807) is 0 Å². The molecule has 0 spiro atoms. The van der Waals surface area contributed by atoms with Crippen LogP contribution in [0.2, 0.25) is 5.15 Å². The fourth-order valence-electron chi connectivity index (χ4n) is 0.366. The molecule has 0 aliphatic carbocycles. The van der Waals surface area contributed by atoms with Crippen LogP contribution in [0.5, 0.6) is 0 Å². The molecule has 2 N–H and O–H groups in total. The molecule has 1 aromatic rings. The summed E-state index contributed by atoms with van der Waals surface area (Å²) in [4.78, 5) is 7.48. The average Bonchev–Trinajstić information content (AvgIpc) is 1.80. The number of anilines is 1. The summed E-state index contributed by atoms with van der Waals surface area (Å²) in [5.41, 5.74) is 5.29. The van der Waals surface area contributed by atoms with Gasteiger partial charge in [-0.2, -0.15) is 0 Å². The van der Waals surface area contributed by atoms with E-state index in [2.05, 4.69) is 25.9 Å². The zero-order valence-corrected chi connectivity index (χ0v) is 6.65. The normalized spacial score (nSPS) is 9.56. The summed E-state index contributed by atoms with van der Waals surface area (Å²) < 4.78 is 0.587. The highest BCUT2D eigenvalue weighted by molar-refractivity contribution is 9.10. The lowest BCUT2D eigenvalue weighted by atomic mass is 10.7. The molecule has 0 saturated carbocycles. The van der Waals surface area contributed by atoms with Crippen molar-refractivity contribution in [3.63, 3.8) is 0 Å². The van der Waals surface area contributed by atoms with Gasteiger partial charge in [-0.05, 0) is 15.9 Å². The molecule has 0 aromatic carbocycles. The number of hydrogen-bond acceptors (Lipinski definition) is 3. The van der Waals surface area contributed by atoms with Gasteiger partial charge in [-0.15, -0.1) is 0 Å². The second-order valence-electron chi connectivity index (χ2n) is 1.37. The van der Waals surface area contributed by atoms with E-state index in [0.29, 0.717) is 4.60 Å². The highest BCUT2D eigenvalue weighted by Crippen LogP contribution is 2.14. The summed E-state index contributed by atoms with van der Waals surface area (Å²) in [6.07, 6.45) is 1.48. The van der Waals surface area contributed by atoms with Gasteiger partial charge >= 0.3 is 0 Å². The lowest BCUT2D eigenvalue weighted by molar-refractivity contribution is 1.18. The molecule has 1 rings (SSSR count). The molecular weight excluding hydrogens is 205 g/mol. The van der Waals surface area contributed by atoms with Gasteiger partial charge in [0.1, 0.15) is 4.60 Å². The van der Waals surface area contributed by atoms with E-state index in [0.717, 1.165) is 0 Å². The fourth-order valence-corrected chi connectivity index (χ4v) is 0.751. The Morgan fingerprint density at radius 1 is 1.67 bits per heavy atom. The van der Waals surface area contributed by atoms with Crippen molar-refractivity contribution in [2.45, 2.75) is 0 Å². The maximum atomic E-state index is 5.46. The largest absolute Gasteiger partial charge is 0.381 e. The summed E-state index contributed by atoms with van der Waals surface area (Å²) in [6.45, 7) is 0. The monoisotopic (exact) mass is 207 g/mol. The van der Waals surface area contributed by atoms with Gasteiger partial charge < -0.3 is 5.73 Å². The van der Waals surface area contributed by atoms with Gasteiger partial charge in [-0.25, -0.2) is 9.97 Å². The molecule has 0 amide bonds. The van der Waals surface area contributed by atoms with Gasteiger partial charge in [0.15, 0.2) is 11.0 Å². The van der Waals surface area contributed by atoms with Gasteiger partial charge in [0.2, 0.25) is 0 Å². The van der Waals surface area contributed by atoms with E-state index in [9.17, 15) is 0 Å². The molecule has 48 valence electrons. The highest BCUT2D eigenvalue weighted by atomic mass is 79.9. The van der Waals surface area contributed by atoms with Crippen LogP contribution < -0.4 is 5.73 Å². The third-order valence-electron chi connectivity index (χ3n) is 0.723. The van der Waals surface area contributed by atoms with Crippen molar-refractivity contribution in [2.24, 2.45) is 0 Å². The molecule has 5 heteroatoms. The Hall–Kier alpha value is -0.350. The minimum atomic E-state index is 0.234. The first-order valence-electron chi connectivity index (χ1n) is 2.13. The van der Waals surface area contributed by atoms with E-state index >= 15 is 0 Å². The van der Waals surface area contributed by atoms with Gasteiger partial charge in [0.05, 0.1) is 6.20 Å². The second kappa shape index (κ2) is 2.49. The van der Waals surface area contributed by atoms with E-state index in [-0.39, 0.29) is 11.0 Å². The number of hydrogen-bond donors (Lipinski definition) is 1. The van der Waals surface area contributed by atoms with Gasteiger partial charge in [-0.3, -0.25) is 0 Å². The van der Waals surface area contributed by atoms with Crippen LogP contribution in [0.3, 0.4) is 0 Å². The molecule has 0 fully saturated rings. The second-order valence-corrected chi connectivity index (χ2v) is 2.54. The minimum absolute atomic E-state index is 0.234. The van der Waals surface area contributed by atoms with Crippen LogP contribution in [0.4, 0.5) is 5.82 Å². The van der Waals surface area contributed by atoms with Gasteiger partial charge in [0.25, 0.3) is 0 Å². The predicted octanol–water partition coefficient (Wildman–Crippen LogP) is 1.47. The van der Waals surface area contributed by atoms with E-state index in [1.165, 1.54) is 6.20 Å². The Kier molecular flexibility index (Phi) is 1.87.